The van der Waals surface area contributed by atoms with Crippen LogP contribution < -0.4 is 0 Å². The molecule has 5 nitrogen and oxygen atoms in total. The van der Waals surface area contributed by atoms with Crippen LogP contribution in [0.2, 0.25) is 0 Å². The highest BCUT2D eigenvalue weighted by molar-refractivity contribution is 7.15. The van der Waals surface area contributed by atoms with E-state index in [1.807, 2.05) is 34.2 Å². The molecule has 3 aromatic heterocycles. The van der Waals surface area contributed by atoms with E-state index in [0.717, 1.165) is 16.1 Å². The molecule has 0 N–H and O–H groups in total. The maximum atomic E-state index is 5.36. The number of thiazole rings is 1. The molecule has 0 bridgehead atoms. The van der Waals surface area contributed by atoms with Crippen LogP contribution in [0.3, 0.4) is 0 Å². The van der Waals surface area contributed by atoms with Gasteiger partial charge in [-0.1, -0.05) is 35.5 Å². The molecule has 98 valence electrons. The van der Waals surface area contributed by atoms with Gasteiger partial charge in [-0.2, -0.15) is 4.98 Å². The molecule has 6 heteroatoms. The number of imidazole rings is 1. The summed E-state index contributed by atoms with van der Waals surface area (Å²) in [5.41, 5.74) is 2.05. The van der Waals surface area contributed by atoms with Crippen LogP contribution in [0.15, 0.2) is 52.8 Å². The summed E-state index contributed by atoms with van der Waals surface area (Å²) in [6.07, 6.45) is 4.24. The zero-order valence-electron chi connectivity index (χ0n) is 10.4. The van der Waals surface area contributed by atoms with Gasteiger partial charge in [0.1, 0.15) is 16.9 Å². The Morgan fingerprint density at radius 2 is 2.10 bits per heavy atom. The molecule has 0 radical (unpaired) electrons. The lowest BCUT2D eigenvalue weighted by Gasteiger charge is -1.94. The summed E-state index contributed by atoms with van der Waals surface area (Å²) in [6.45, 7) is 0. The molecular weight excluding hydrogens is 272 g/mol. The van der Waals surface area contributed by atoms with E-state index in [0.29, 0.717) is 18.1 Å². The lowest BCUT2D eigenvalue weighted by atomic mass is 10.1. The highest BCUT2D eigenvalue weighted by atomic mass is 32.1. The number of benzene rings is 1. The van der Waals surface area contributed by atoms with Gasteiger partial charge in [0.15, 0.2) is 5.82 Å². The molecular formula is C14H10N4OS. The Morgan fingerprint density at radius 1 is 1.20 bits per heavy atom. The summed E-state index contributed by atoms with van der Waals surface area (Å²) < 4.78 is 7.30. The molecule has 4 aromatic rings. The standard InChI is InChI=1S/C14H10N4OS/c1-2-4-10(5-3-1)6-12-16-14(19-17-12)11-8-20-13-7-15-9-18(11)13/h1-5,7-9H,6H2. The third-order valence-electron chi connectivity index (χ3n) is 3.05. The predicted molar refractivity (Wildman–Crippen MR) is 75.6 cm³/mol. The number of fused-ring (bicyclic) bond motifs is 1. The van der Waals surface area contributed by atoms with E-state index in [1.165, 1.54) is 0 Å². The SMILES string of the molecule is c1ccc(Cc2noc(-c3csc4cncn34)n2)cc1. The fourth-order valence-corrected chi connectivity index (χ4v) is 2.91. The summed E-state index contributed by atoms with van der Waals surface area (Å²) >= 11 is 1.60. The van der Waals surface area contributed by atoms with Crippen molar-refractivity contribution in [1.82, 2.24) is 19.5 Å². The normalized spacial score (nSPS) is 11.2. The molecule has 0 amide bonds. The third-order valence-corrected chi connectivity index (χ3v) is 3.93. The van der Waals surface area contributed by atoms with Gasteiger partial charge in [0.05, 0.1) is 6.20 Å². The average Bonchev–Trinajstić information content (AvgIpc) is 3.15. The van der Waals surface area contributed by atoms with E-state index >= 15 is 0 Å². The summed E-state index contributed by atoms with van der Waals surface area (Å²) in [7, 11) is 0. The van der Waals surface area contributed by atoms with Crippen LogP contribution in [0.5, 0.6) is 0 Å². The monoisotopic (exact) mass is 282 g/mol. The van der Waals surface area contributed by atoms with Crippen molar-refractivity contribution >= 4 is 16.2 Å². The minimum atomic E-state index is 0.528. The van der Waals surface area contributed by atoms with Crippen molar-refractivity contribution in [2.75, 3.05) is 0 Å². The van der Waals surface area contributed by atoms with E-state index in [2.05, 4.69) is 27.3 Å². The molecule has 4 rings (SSSR count). The van der Waals surface area contributed by atoms with Gasteiger partial charge in [-0.15, -0.1) is 11.3 Å². The Balaban J connectivity index is 1.67. The van der Waals surface area contributed by atoms with Crippen LogP contribution in [0.25, 0.3) is 16.4 Å². The minimum Gasteiger partial charge on any atom is -0.332 e. The van der Waals surface area contributed by atoms with Gasteiger partial charge < -0.3 is 4.52 Å². The van der Waals surface area contributed by atoms with Gasteiger partial charge in [0.25, 0.3) is 5.89 Å². The second-order valence-electron chi connectivity index (χ2n) is 4.40. The van der Waals surface area contributed by atoms with Crippen LogP contribution >= 0.6 is 11.3 Å². The molecule has 0 spiro atoms. The van der Waals surface area contributed by atoms with Crippen LogP contribution in [0.1, 0.15) is 11.4 Å². The summed E-state index contributed by atoms with van der Waals surface area (Å²) in [4.78, 5) is 9.62. The van der Waals surface area contributed by atoms with Gasteiger partial charge in [0.2, 0.25) is 0 Å². The Kier molecular flexibility index (Phi) is 2.60. The number of rotatable bonds is 3. The number of hydrogen-bond donors (Lipinski definition) is 0. The van der Waals surface area contributed by atoms with Crippen molar-refractivity contribution in [1.29, 1.82) is 0 Å². The summed E-state index contributed by atoms with van der Waals surface area (Å²) in [5, 5.41) is 6.04. The number of nitrogens with zero attached hydrogens (tertiary/aromatic N) is 4. The first-order valence-corrected chi connectivity index (χ1v) is 7.04. The van der Waals surface area contributed by atoms with Gasteiger partial charge in [0, 0.05) is 11.8 Å². The van der Waals surface area contributed by atoms with Crippen molar-refractivity contribution in [2.45, 2.75) is 6.42 Å². The van der Waals surface area contributed by atoms with Gasteiger partial charge >= 0.3 is 0 Å². The highest BCUT2D eigenvalue weighted by Gasteiger charge is 2.13. The molecule has 0 unspecified atom stereocenters. The second kappa shape index (κ2) is 4.57. The first-order valence-electron chi connectivity index (χ1n) is 6.16. The maximum absolute atomic E-state index is 5.36. The molecule has 0 aliphatic rings. The van der Waals surface area contributed by atoms with Gasteiger partial charge in [-0.25, -0.2) is 4.98 Å². The zero-order chi connectivity index (χ0) is 13.4. The number of hydrogen-bond acceptors (Lipinski definition) is 5. The molecule has 0 saturated carbocycles. The third kappa shape index (κ3) is 1.90. The lowest BCUT2D eigenvalue weighted by molar-refractivity contribution is 0.422. The van der Waals surface area contributed by atoms with Crippen LogP contribution in [-0.4, -0.2) is 19.5 Å². The largest absolute Gasteiger partial charge is 0.332 e. The summed E-state index contributed by atoms with van der Waals surface area (Å²) in [5.74, 6) is 1.21. The van der Waals surface area contributed by atoms with Crippen molar-refractivity contribution in [3.8, 4) is 11.6 Å². The second-order valence-corrected chi connectivity index (χ2v) is 5.29. The molecule has 0 aliphatic heterocycles. The van der Waals surface area contributed by atoms with Crippen molar-refractivity contribution < 1.29 is 4.52 Å². The Labute approximate surface area is 118 Å². The molecule has 0 fully saturated rings. The van der Waals surface area contributed by atoms with Crippen LogP contribution in [0.4, 0.5) is 0 Å². The molecule has 0 saturated heterocycles. The maximum Gasteiger partial charge on any atom is 0.275 e. The van der Waals surface area contributed by atoms with E-state index in [4.69, 9.17) is 4.52 Å². The Hall–Kier alpha value is -2.47. The topological polar surface area (TPSA) is 56.2 Å². The fourth-order valence-electron chi connectivity index (χ4n) is 2.09. The molecule has 20 heavy (non-hydrogen) atoms. The first kappa shape index (κ1) is 11.4. The Bertz CT molecular complexity index is 846. The summed E-state index contributed by atoms with van der Waals surface area (Å²) in [6, 6.07) is 10.1. The van der Waals surface area contributed by atoms with E-state index in [9.17, 15) is 0 Å². The Morgan fingerprint density at radius 3 is 3.00 bits per heavy atom. The fraction of sp³-hybridized carbons (Fsp3) is 0.0714. The van der Waals surface area contributed by atoms with Crippen molar-refractivity contribution in [2.24, 2.45) is 0 Å². The average molecular weight is 282 g/mol. The zero-order valence-corrected chi connectivity index (χ0v) is 11.2. The molecule has 0 aliphatic carbocycles. The first-order chi connectivity index (χ1) is 9.90. The van der Waals surface area contributed by atoms with Crippen molar-refractivity contribution in [3.63, 3.8) is 0 Å². The van der Waals surface area contributed by atoms with Crippen LogP contribution in [0, 0.1) is 0 Å². The quantitative estimate of drug-likeness (QED) is 0.579. The van der Waals surface area contributed by atoms with Gasteiger partial charge in [-0.3, -0.25) is 4.40 Å². The molecule has 0 atom stereocenters. The smallest absolute Gasteiger partial charge is 0.275 e. The number of aromatic nitrogens is 4. The van der Waals surface area contributed by atoms with Gasteiger partial charge in [-0.05, 0) is 5.56 Å². The van der Waals surface area contributed by atoms with Crippen molar-refractivity contribution in [3.05, 3.63) is 59.6 Å². The van der Waals surface area contributed by atoms with E-state index in [-0.39, 0.29) is 0 Å². The predicted octanol–water partition coefficient (Wildman–Crippen LogP) is 3.04. The minimum absolute atomic E-state index is 0.528. The molecule has 1 aromatic carbocycles. The van der Waals surface area contributed by atoms with E-state index < -0.39 is 0 Å². The molecule has 3 heterocycles. The van der Waals surface area contributed by atoms with Crippen LogP contribution in [-0.2, 0) is 6.42 Å². The lowest BCUT2D eigenvalue weighted by Crippen LogP contribution is -1.90. The highest BCUT2D eigenvalue weighted by Crippen LogP contribution is 2.24. The van der Waals surface area contributed by atoms with E-state index in [1.54, 1.807) is 17.7 Å².